The molecule has 0 saturated carbocycles. The van der Waals surface area contributed by atoms with Crippen LogP contribution in [-0.4, -0.2) is 12.6 Å². The third-order valence-electron chi connectivity index (χ3n) is 2.82. The Balaban J connectivity index is 2.33. The molecule has 1 atom stereocenters. The second kappa shape index (κ2) is 6.18. The summed E-state index contributed by atoms with van der Waals surface area (Å²) in [6, 6.07) is 13.1. The van der Waals surface area contributed by atoms with Gasteiger partial charge in [-0.2, -0.15) is 0 Å². The van der Waals surface area contributed by atoms with Gasteiger partial charge < -0.3 is 4.74 Å². The number of hydrogen-bond acceptors (Lipinski definition) is 2. The Hall–Kier alpha value is -1.37. The average Bonchev–Trinajstić information content (AvgIpc) is 2.40. The van der Waals surface area contributed by atoms with Crippen molar-refractivity contribution in [3.05, 3.63) is 58.6 Å². The molecule has 0 heterocycles. The largest absolute Gasteiger partial charge is 0.496 e. The molecule has 1 unspecified atom stereocenters. The van der Waals surface area contributed by atoms with E-state index >= 15 is 0 Å². The van der Waals surface area contributed by atoms with Crippen molar-refractivity contribution < 1.29 is 9.53 Å². The zero-order valence-electron chi connectivity index (χ0n) is 10.7. The summed E-state index contributed by atoms with van der Waals surface area (Å²) in [5, 5.41) is 1.47. The van der Waals surface area contributed by atoms with Gasteiger partial charge in [0.2, 0.25) is 0 Å². The number of carbonyl (C=O) groups excluding carboxylic acids is 1. The molecule has 0 radical (unpaired) electrons. The molecule has 2 rings (SSSR count). The maximum atomic E-state index is 12.4. The maximum absolute atomic E-state index is 12.4. The van der Waals surface area contributed by atoms with Crippen molar-refractivity contribution >= 4 is 31.0 Å². The van der Waals surface area contributed by atoms with E-state index in [9.17, 15) is 4.79 Å². The Kier molecular flexibility index (Phi) is 4.57. The molecule has 2 nitrogen and oxygen atoms in total. The molecule has 0 amide bonds. The molecule has 0 aliphatic carbocycles. The van der Waals surface area contributed by atoms with Crippen LogP contribution in [0.1, 0.15) is 15.9 Å². The van der Waals surface area contributed by atoms with Crippen LogP contribution < -0.4 is 10.0 Å². The predicted molar refractivity (Wildman–Crippen MR) is 81.5 cm³/mol. The summed E-state index contributed by atoms with van der Waals surface area (Å²) in [4.78, 5) is 12.4. The van der Waals surface area contributed by atoms with Crippen molar-refractivity contribution in [2.45, 2.75) is 6.92 Å². The molecule has 0 spiro atoms. The van der Waals surface area contributed by atoms with Crippen LogP contribution in [-0.2, 0) is 0 Å². The first-order chi connectivity index (χ1) is 9.13. The minimum Gasteiger partial charge on any atom is -0.496 e. The quantitative estimate of drug-likeness (QED) is 0.801. The minimum absolute atomic E-state index is 0.00301. The number of carbonyl (C=O) groups is 1. The van der Waals surface area contributed by atoms with Gasteiger partial charge in [-0.05, 0) is 38.5 Å². The van der Waals surface area contributed by atoms with E-state index in [4.69, 9.17) is 16.3 Å². The topological polar surface area (TPSA) is 26.3 Å². The van der Waals surface area contributed by atoms with E-state index in [2.05, 4.69) is 0 Å². The third-order valence-corrected chi connectivity index (χ3v) is 4.44. The molecule has 0 aliphatic heterocycles. The minimum atomic E-state index is -0.00301. The normalized spacial score (nSPS) is 10.9. The van der Waals surface area contributed by atoms with Gasteiger partial charge in [0.1, 0.15) is 5.75 Å². The van der Waals surface area contributed by atoms with Crippen LogP contribution in [0, 0.1) is 6.92 Å². The van der Waals surface area contributed by atoms with Crippen molar-refractivity contribution in [1.82, 2.24) is 0 Å². The van der Waals surface area contributed by atoms with E-state index in [0.29, 0.717) is 16.3 Å². The number of halogens is 1. The number of hydrogen-bond donors (Lipinski definition) is 0. The summed E-state index contributed by atoms with van der Waals surface area (Å²) >= 11 is 6.11. The second-order valence-corrected chi connectivity index (χ2v) is 5.74. The zero-order valence-corrected chi connectivity index (χ0v) is 12.5. The van der Waals surface area contributed by atoms with Crippen molar-refractivity contribution in [2.75, 3.05) is 7.11 Å². The lowest BCUT2D eigenvalue weighted by Crippen LogP contribution is -2.06. The van der Waals surface area contributed by atoms with Gasteiger partial charge in [-0.25, -0.2) is 0 Å². The van der Waals surface area contributed by atoms with Crippen LogP contribution in [0.25, 0.3) is 0 Å². The highest BCUT2D eigenvalue weighted by atomic mass is 35.5. The fourth-order valence-electron chi connectivity index (χ4n) is 1.79. The first-order valence-corrected chi connectivity index (χ1v) is 7.20. The van der Waals surface area contributed by atoms with E-state index < -0.39 is 0 Å². The molecule has 19 heavy (non-hydrogen) atoms. The summed E-state index contributed by atoms with van der Waals surface area (Å²) in [7, 11) is 1.59. The average molecular weight is 293 g/mol. The van der Waals surface area contributed by atoms with Gasteiger partial charge in [0.25, 0.3) is 0 Å². The van der Waals surface area contributed by atoms with E-state index in [-0.39, 0.29) is 14.1 Å². The summed E-state index contributed by atoms with van der Waals surface area (Å²) in [6.07, 6.45) is 0. The van der Waals surface area contributed by atoms with E-state index in [1.807, 2.05) is 31.2 Å². The Morgan fingerprint density at radius 3 is 2.58 bits per heavy atom. The number of ether oxygens (including phenoxy) is 1. The highest BCUT2D eigenvalue weighted by Gasteiger charge is 2.17. The van der Waals surface area contributed by atoms with Gasteiger partial charge in [-0.3, -0.25) is 4.79 Å². The standard InChI is InChI=1S/C15H14ClO2P/c1-10-6-3-4-9-13(10)19-15(17)14-11(16)7-5-8-12(14)18-2/h3-9,19H,1-2H3. The Labute approximate surface area is 119 Å². The molecule has 0 fully saturated rings. The molecule has 0 N–H and O–H groups in total. The van der Waals surface area contributed by atoms with Crippen LogP contribution in [0.15, 0.2) is 42.5 Å². The van der Waals surface area contributed by atoms with Gasteiger partial charge in [0.05, 0.1) is 17.7 Å². The molecule has 4 heteroatoms. The van der Waals surface area contributed by atoms with Gasteiger partial charge in [-0.15, -0.1) is 0 Å². The maximum Gasteiger partial charge on any atom is 0.190 e. The lowest BCUT2D eigenvalue weighted by molar-refractivity contribution is 0.108. The highest BCUT2D eigenvalue weighted by molar-refractivity contribution is 7.66. The first kappa shape index (κ1) is 14.0. The van der Waals surface area contributed by atoms with Crippen molar-refractivity contribution in [2.24, 2.45) is 0 Å². The Morgan fingerprint density at radius 2 is 1.89 bits per heavy atom. The fourth-order valence-corrected chi connectivity index (χ4v) is 3.21. The molecule has 0 aliphatic rings. The summed E-state index contributed by atoms with van der Waals surface area (Å²) < 4.78 is 5.21. The number of benzene rings is 2. The smallest absolute Gasteiger partial charge is 0.190 e. The summed E-state index contributed by atoms with van der Waals surface area (Å²) in [5.74, 6) is 0.526. The van der Waals surface area contributed by atoms with Crippen LogP contribution in [0.5, 0.6) is 5.75 Å². The number of rotatable bonds is 4. The van der Waals surface area contributed by atoms with E-state index in [0.717, 1.165) is 10.9 Å². The van der Waals surface area contributed by atoms with Gasteiger partial charge in [-0.1, -0.05) is 41.9 Å². The number of methoxy groups -OCH3 is 1. The molecular formula is C15H14ClO2P. The van der Waals surface area contributed by atoms with Crippen LogP contribution in [0.3, 0.4) is 0 Å². The highest BCUT2D eigenvalue weighted by Crippen LogP contribution is 2.32. The summed E-state index contributed by atoms with van der Waals surface area (Å²) in [6.45, 7) is 2.00. The summed E-state index contributed by atoms with van der Waals surface area (Å²) in [5.41, 5.74) is 1.57. The van der Waals surface area contributed by atoms with Gasteiger partial charge >= 0.3 is 0 Å². The molecule has 2 aromatic carbocycles. The molecular weight excluding hydrogens is 279 g/mol. The van der Waals surface area contributed by atoms with Gasteiger partial charge in [0, 0.05) is 0 Å². The van der Waals surface area contributed by atoms with Crippen LogP contribution >= 0.6 is 20.2 Å². The monoisotopic (exact) mass is 292 g/mol. The molecule has 2 aromatic rings. The van der Waals surface area contributed by atoms with Crippen LogP contribution in [0.4, 0.5) is 0 Å². The van der Waals surface area contributed by atoms with E-state index in [1.165, 1.54) is 0 Å². The Bertz CT molecular complexity index is 611. The SMILES string of the molecule is COc1cccc(Cl)c1C(=O)Pc1ccccc1C. The Morgan fingerprint density at radius 1 is 1.16 bits per heavy atom. The van der Waals surface area contributed by atoms with E-state index in [1.54, 1.807) is 25.3 Å². The molecule has 98 valence electrons. The van der Waals surface area contributed by atoms with Crippen molar-refractivity contribution in [3.8, 4) is 5.75 Å². The lowest BCUT2D eigenvalue weighted by atomic mass is 10.2. The predicted octanol–water partition coefficient (Wildman–Crippen LogP) is 3.80. The van der Waals surface area contributed by atoms with Crippen molar-refractivity contribution in [3.63, 3.8) is 0 Å². The molecule has 0 aromatic heterocycles. The van der Waals surface area contributed by atoms with Crippen LogP contribution in [0.2, 0.25) is 5.02 Å². The lowest BCUT2D eigenvalue weighted by Gasteiger charge is -2.10. The number of aryl methyl sites for hydroxylation is 1. The van der Waals surface area contributed by atoms with Gasteiger partial charge in [0.15, 0.2) is 5.52 Å². The molecule has 0 saturated heterocycles. The molecule has 0 bridgehead atoms. The third kappa shape index (κ3) is 3.15. The van der Waals surface area contributed by atoms with Crippen molar-refractivity contribution in [1.29, 1.82) is 0 Å². The first-order valence-electron chi connectivity index (χ1n) is 5.83. The zero-order chi connectivity index (χ0) is 13.8. The second-order valence-electron chi connectivity index (χ2n) is 4.09. The fraction of sp³-hybridized carbons (Fsp3) is 0.133.